The van der Waals surface area contributed by atoms with Crippen molar-refractivity contribution in [3.8, 4) is 0 Å². The molecule has 4 rings (SSSR count). The first-order chi connectivity index (χ1) is 13.7. The van der Waals surface area contributed by atoms with E-state index in [2.05, 4.69) is 46.4 Å². The van der Waals surface area contributed by atoms with Crippen molar-refractivity contribution in [1.29, 1.82) is 0 Å². The van der Waals surface area contributed by atoms with Crippen LogP contribution >= 0.6 is 0 Å². The Morgan fingerprint density at radius 1 is 1.04 bits per heavy atom. The number of anilines is 3. The quantitative estimate of drug-likeness (QED) is 0.879. The van der Waals surface area contributed by atoms with E-state index in [-0.39, 0.29) is 5.91 Å². The average Bonchev–Trinajstić information content (AvgIpc) is 2.75. The van der Waals surface area contributed by atoms with Crippen molar-refractivity contribution in [2.75, 3.05) is 49.6 Å². The Morgan fingerprint density at radius 2 is 1.75 bits per heavy atom. The Morgan fingerprint density at radius 3 is 2.46 bits per heavy atom. The first-order valence-electron chi connectivity index (χ1n) is 10.1. The van der Waals surface area contributed by atoms with Gasteiger partial charge in [0.1, 0.15) is 0 Å². The van der Waals surface area contributed by atoms with E-state index < -0.39 is 0 Å². The normalized spacial score (nSPS) is 18.2. The lowest BCUT2D eigenvalue weighted by atomic mass is 9.99. The van der Waals surface area contributed by atoms with Gasteiger partial charge in [-0.15, -0.1) is 0 Å². The van der Waals surface area contributed by atoms with Gasteiger partial charge in [-0.2, -0.15) is 0 Å². The maximum Gasteiger partial charge on any atom is 0.255 e. The standard InChI is InChI=1S/C22H28N4O2/c1-17-6-8-25(9-7-17)21-4-2-19(3-5-21)24-20-14-18(15-23-16-20)22(27)26-10-12-28-13-11-26/h2-5,14-17,24H,6-13H2,1H3. The first-order valence-corrected chi connectivity index (χ1v) is 10.1. The molecule has 0 bridgehead atoms. The van der Waals surface area contributed by atoms with Crippen LogP contribution in [0.25, 0.3) is 0 Å². The van der Waals surface area contributed by atoms with E-state index in [4.69, 9.17) is 4.74 Å². The van der Waals surface area contributed by atoms with Crippen molar-refractivity contribution in [3.63, 3.8) is 0 Å². The topological polar surface area (TPSA) is 57.7 Å². The third kappa shape index (κ3) is 4.44. The van der Waals surface area contributed by atoms with Crippen molar-refractivity contribution >= 4 is 23.0 Å². The number of ether oxygens (including phenoxy) is 1. The molecule has 1 aromatic heterocycles. The number of morpholine rings is 1. The van der Waals surface area contributed by atoms with Gasteiger partial charge in [0.05, 0.1) is 30.7 Å². The zero-order valence-electron chi connectivity index (χ0n) is 16.4. The monoisotopic (exact) mass is 380 g/mol. The Kier molecular flexibility index (Phi) is 5.76. The fraction of sp³-hybridized carbons (Fsp3) is 0.455. The smallest absolute Gasteiger partial charge is 0.255 e. The van der Waals surface area contributed by atoms with Crippen LogP contribution in [0.15, 0.2) is 42.7 Å². The van der Waals surface area contributed by atoms with Crippen molar-refractivity contribution in [2.24, 2.45) is 5.92 Å². The highest BCUT2D eigenvalue weighted by Crippen LogP contribution is 2.25. The minimum absolute atomic E-state index is 0.00845. The summed E-state index contributed by atoms with van der Waals surface area (Å²) in [7, 11) is 0. The minimum Gasteiger partial charge on any atom is -0.378 e. The number of hydrogen-bond donors (Lipinski definition) is 1. The van der Waals surface area contributed by atoms with E-state index in [9.17, 15) is 4.79 Å². The molecule has 2 aromatic rings. The lowest BCUT2D eigenvalue weighted by Crippen LogP contribution is -2.40. The van der Waals surface area contributed by atoms with Gasteiger partial charge < -0.3 is 19.9 Å². The number of rotatable bonds is 4. The van der Waals surface area contributed by atoms with Crippen LogP contribution in [0.1, 0.15) is 30.1 Å². The highest BCUT2D eigenvalue weighted by Gasteiger charge is 2.19. The second-order valence-electron chi connectivity index (χ2n) is 7.71. The van der Waals surface area contributed by atoms with Gasteiger partial charge in [-0.05, 0) is 49.1 Å². The van der Waals surface area contributed by atoms with Gasteiger partial charge in [-0.1, -0.05) is 6.92 Å². The largest absolute Gasteiger partial charge is 0.378 e. The Balaban J connectivity index is 1.40. The zero-order valence-corrected chi connectivity index (χ0v) is 16.4. The number of aromatic nitrogens is 1. The SMILES string of the molecule is CC1CCN(c2ccc(Nc3cncc(C(=O)N4CCOCC4)c3)cc2)CC1. The summed E-state index contributed by atoms with van der Waals surface area (Å²) in [4.78, 5) is 21.2. The highest BCUT2D eigenvalue weighted by atomic mass is 16.5. The molecule has 0 aliphatic carbocycles. The lowest BCUT2D eigenvalue weighted by molar-refractivity contribution is 0.0302. The number of carbonyl (C=O) groups excluding carboxylic acids is 1. The van der Waals surface area contributed by atoms with Gasteiger partial charge in [0.15, 0.2) is 0 Å². The number of amides is 1. The lowest BCUT2D eigenvalue weighted by Gasteiger charge is -2.32. The van der Waals surface area contributed by atoms with Crippen molar-refractivity contribution in [3.05, 3.63) is 48.3 Å². The summed E-state index contributed by atoms with van der Waals surface area (Å²) in [5.74, 6) is 0.839. The zero-order chi connectivity index (χ0) is 19.3. The van der Waals surface area contributed by atoms with Crippen molar-refractivity contribution in [1.82, 2.24) is 9.88 Å². The van der Waals surface area contributed by atoms with Gasteiger partial charge in [-0.3, -0.25) is 9.78 Å². The second-order valence-corrected chi connectivity index (χ2v) is 7.71. The molecule has 6 nitrogen and oxygen atoms in total. The molecule has 28 heavy (non-hydrogen) atoms. The van der Waals surface area contributed by atoms with Crippen LogP contribution in [0, 0.1) is 5.92 Å². The molecule has 2 aliphatic heterocycles. The van der Waals surface area contributed by atoms with E-state index in [1.54, 1.807) is 12.4 Å². The van der Waals surface area contributed by atoms with E-state index in [0.29, 0.717) is 31.9 Å². The van der Waals surface area contributed by atoms with Gasteiger partial charge in [0.2, 0.25) is 0 Å². The number of nitrogens with one attached hydrogen (secondary N) is 1. The molecule has 0 spiro atoms. The summed E-state index contributed by atoms with van der Waals surface area (Å²) in [6.45, 7) is 7.04. The molecule has 3 heterocycles. The van der Waals surface area contributed by atoms with E-state index in [0.717, 1.165) is 30.4 Å². The fourth-order valence-electron chi connectivity index (χ4n) is 3.76. The molecular weight excluding hydrogens is 352 g/mol. The Hall–Kier alpha value is -2.60. The fourth-order valence-corrected chi connectivity index (χ4v) is 3.76. The molecule has 2 aliphatic rings. The summed E-state index contributed by atoms with van der Waals surface area (Å²) >= 11 is 0. The second kappa shape index (κ2) is 8.61. The maximum atomic E-state index is 12.6. The Labute approximate surface area is 166 Å². The number of nitrogens with zero attached hydrogens (tertiary/aromatic N) is 3. The molecule has 0 saturated carbocycles. The maximum absolute atomic E-state index is 12.6. The first kappa shape index (κ1) is 18.7. The molecule has 0 radical (unpaired) electrons. The Bertz CT molecular complexity index is 794. The predicted molar refractivity (Wildman–Crippen MR) is 111 cm³/mol. The number of carbonyl (C=O) groups is 1. The summed E-state index contributed by atoms with van der Waals surface area (Å²) in [6, 6.07) is 10.4. The van der Waals surface area contributed by atoms with Crippen LogP contribution in [-0.4, -0.2) is 55.2 Å². The number of pyridine rings is 1. The van der Waals surface area contributed by atoms with Gasteiger partial charge in [0.25, 0.3) is 5.91 Å². The molecular formula is C22H28N4O2. The van der Waals surface area contributed by atoms with Gasteiger partial charge in [0, 0.05) is 43.8 Å². The molecule has 1 N–H and O–H groups in total. The highest BCUT2D eigenvalue weighted by molar-refractivity contribution is 5.95. The summed E-state index contributed by atoms with van der Waals surface area (Å²) in [5, 5.41) is 3.36. The third-order valence-electron chi connectivity index (χ3n) is 5.59. The van der Waals surface area contributed by atoms with Gasteiger partial charge in [-0.25, -0.2) is 0 Å². The number of piperidine rings is 1. The summed E-state index contributed by atoms with van der Waals surface area (Å²) in [6.07, 6.45) is 5.89. The molecule has 1 aromatic carbocycles. The van der Waals surface area contributed by atoms with Crippen molar-refractivity contribution in [2.45, 2.75) is 19.8 Å². The number of hydrogen-bond acceptors (Lipinski definition) is 5. The van der Waals surface area contributed by atoms with E-state index in [1.807, 2.05) is 11.0 Å². The predicted octanol–water partition coefficient (Wildman–Crippen LogP) is 3.53. The van der Waals surface area contributed by atoms with Gasteiger partial charge >= 0.3 is 0 Å². The average molecular weight is 380 g/mol. The van der Waals surface area contributed by atoms with Crippen LogP contribution in [0.3, 0.4) is 0 Å². The van der Waals surface area contributed by atoms with Crippen LogP contribution in [-0.2, 0) is 4.74 Å². The van der Waals surface area contributed by atoms with Crippen LogP contribution in [0.5, 0.6) is 0 Å². The number of benzene rings is 1. The molecule has 2 fully saturated rings. The molecule has 0 unspecified atom stereocenters. The third-order valence-corrected chi connectivity index (χ3v) is 5.59. The van der Waals surface area contributed by atoms with E-state index >= 15 is 0 Å². The van der Waals surface area contributed by atoms with Crippen LogP contribution in [0.2, 0.25) is 0 Å². The molecule has 1 amide bonds. The van der Waals surface area contributed by atoms with Crippen LogP contribution in [0.4, 0.5) is 17.1 Å². The molecule has 148 valence electrons. The molecule has 6 heteroatoms. The molecule has 2 saturated heterocycles. The summed E-state index contributed by atoms with van der Waals surface area (Å²) in [5.41, 5.74) is 3.68. The van der Waals surface area contributed by atoms with Crippen molar-refractivity contribution < 1.29 is 9.53 Å². The molecule has 0 atom stereocenters. The van der Waals surface area contributed by atoms with E-state index in [1.165, 1.54) is 18.5 Å². The summed E-state index contributed by atoms with van der Waals surface area (Å²) < 4.78 is 5.32. The van der Waals surface area contributed by atoms with Crippen LogP contribution < -0.4 is 10.2 Å². The minimum atomic E-state index is 0.00845.